The fraction of sp³-hybridized carbons (Fsp3) is 0.583. The van der Waals surface area contributed by atoms with E-state index >= 15 is 0 Å². The Morgan fingerprint density at radius 3 is 2.65 bits per heavy atom. The van der Waals surface area contributed by atoms with E-state index in [1.165, 1.54) is 0 Å². The molecule has 3 nitrogen and oxygen atoms in total. The lowest BCUT2D eigenvalue weighted by molar-refractivity contribution is 0.382. The van der Waals surface area contributed by atoms with Crippen molar-refractivity contribution in [2.24, 2.45) is 11.7 Å². The third kappa shape index (κ3) is 2.91. The zero-order chi connectivity index (χ0) is 12.3. The molecule has 0 saturated carbocycles. The number of anilines is 1. The number of halogens is 2. The highest BCUT2D eigenvalue weighted by Crippen LogP contribution is 2.25. The van der Waals surface area contributed by atoms with Gasteiger partial charge in [-0.3, -0.25) is 0 Å². The van der Waals surface area contributed by atoms with Crippen molar-refractivity contribution in [2.45, 2.75) is 19.3 Å². The molecular weight excluding hydrogens is 224 g/mol. The molecule has 2 N–H and O–H groups in total. The smallest absolute Gasteiger partial charge is 0.168 e. The Morgan fingerprint density at radius 2 is 2.06 bits per heavy atom. The van der Waals surface area contributed by atoms with Gasteiger partial charge in [-0.1, -0.05) is 0 Å². The Bertz CT molecular complexity index is 376. The number of hydrogen-bond donors (Lipinski definition) is 1. The van der Waals surface area contributed by atoms with E-state index in [9.17, 15) is 8.78 Å². The van der Waals surface area contributed by atoms with E-state index in [0.717, 1.165) is 44.6 Å². The molecule has 2 heterocycles. The SMILES string of the molecule is NCCC1CCN(c2ncc(F)cc2F)CC1. The summed E-state index contributed by atoms with van der Waals surface area (Å²) >= 11 is 0. The van der Waals surface area contributed by atoms with E-state index in [2.05, 4.69) is 4.98 Å². The maximum absolute atomic E-state index is 13.5. The number of pyridine rings is 1. The third-order valence-corrected chi connectivity index (χ3v) is 3.28. The number of aromatic nitrogens is 1. The molecule has 5 heteroatoms. The van der Waals surface area contributed by atoms with E-state index in [4.69, 9.17) is 5.73 Å². The lowest BCUT2D eigenvalue weighted by Crippen LogP contribution is -2.35. The van der Waals surface area contributed by atoms with Crippen LogP contribution in [0.25, 0.3) is 0 Å². The maximum atomic E-state index is 13.5. The molecule has 0 unspecified atom stereocenters. The van der Waals surface area contributed by atoms with Crippen LogP contribution in [0.15, 0.2) is 12.3 Å². The molecule has 1 saturated heterocycles. The average molecular weight is 241 g/mol. The minimum atomic E-state index is -0.635. The highest BCUT2D eigenvalue weighted by molar-refractivity contribution is 5.40. The molecular formula is C12H17F2N3. The Kier molecular flexibility index (Phi) is 3.89. The fourth-order valence-corrected chi connectivity index (χ4v) is 2.31. The summed E-state index contributed by atoms with van der Waals surface area (Å²) in [5.41, 5.74) is 5.52. The molecule has 1 aliphatic heterocycles. The number of rotatable bonds is 3. The molecule has 0 amide bonds. The first-order valence-electron chi connectivity index (χ1n) is 5.96. The summed E-state index contributed by atoms with van der Waals surface area (Å²) < 4.78 is 26.3. The Balaban J connectivity index is 2.00. The van der Waals surface area contributed by atoms with Gasteiger partial charge in [-0.05, 0) is 31.7 Å². The zero-order valence-corrected chi connectivity index (χ0v) is 9.70. The second-order valence-corrected chi connectivity index (χ2v) is 4.47. The highest BCUT2D eigenvalue weighted by Gasteiger charge is 2.21. The summed E-state index contributed by atoms with van der Waals surface area (Å²) in [5.74, 6) is -0.330. The number of piperidine rings is 1. The molecule has 1 aromatic heterocycles. The predicted octanol–water partition coefficient (Wildman–Crippen LogP) is 1.93. The number of nitrogens with two attached hydrogens (primary N) is 1. The van der Waals surface area contributed by atoms with Gasteiger partial charge in [-0.15, -0.1) is 0 Å². The van der Waals surface area contributed by atoms with Gasteiger partial charge < -0.3 is 10.6 Å². The molecule has 0 atom stereocenters. The van der Waals surface area contributed by atoms with Crippen LogP contribution < -0.4 is 10.6 Å². The van der Waals surface area contributed by atoms with Crippen LogP contribution in [-0.2, 0) is 0 Å². The lowest BCUT2D eigenvalue weighted by atomic mass is 9.93. The summed E-state index contributed by atoms with van der Waals surface area (Å²) in [6.07, 6.45) is 4.07. The van der Waals surface area contributed by atoms with Crippen LogP contribution in [0.1, 0.15) is 19.3 Å². The molecule has 17 heavy (non-hydrogen) atoms. The maximum Gasteiger partial charge on any atom is 0.168 e. The van der Waals surface area contributed by atoms with E-state index < -0.39 is 11.6 Å². The van der Waals surface area contributed by atoms with Crippen molar-refractivity contribution < 1.29 is 8.78 Å². The van der Waals surface area contributed by atoms with Gasteiger partial charge in [-0.25, -0.2) is 13.8 Å². The summed E-state index contributed by atoms with van der Waals surface area (Å²) in [4.78, 5) is 5.70. The Labute approximate surface area is 99.6 Å². The van der Waals surface area contributed by atoms with Crippen molar-refractivity contribution in [3.05, 3.63) is 23.9 Å². The van der Waals surface area contributed by atoms with Crippen LogP contribution in [0, 0.1) is 17.6 Å². The molecule has 0 bridgehead atoms. The zero-order valence-electron chi connectivity index (χ0n) is 9.70. The van der Waals surface area contributed by atoms with Crippen molar-refractivity contribution in [3.8, 4) is 0 Å². The molecule has 0 spiro atoms. The standard InChI is InChI=1S/C12H17F2N3/c13-10-7-11(14)12(16-8-10)17-5-2-9(1-4-15)3-6-17/h7-9H,1-6,15H2. The van der Waals surface area contributed by atoms with E-state index in [1.54, 1.807) is 0 Å². The summed E-state index contributed by atoms with van der Waals surface area (Å²) in [7, 11) is 0. The molecule has 1 aliphatic rings. The monoisotopic (exact) mass is 241 g/mol. The van der Waals surface area contributed by atoms with Gasteiger partial charge in [0, 0.05) is 19.2 Å². The fourth-order valence-electron chi connectivity index (χ4n) is 2.31. The minimum absolute atomic E-state index is 0.262. The van der Waals surface area contributed by atoms with Crippen molar-refractivity contribution >= 4 is 5.82 Å². The first-order chi connectivity index (χ1) is 8.20. The highest BCUT2D eigenvalue weighted by atomic mass is 19.1. The Morgan fingerprint density at radius 1 is 1.35 bits per heavy atom. The average Bonchev–Trinajstić information content (AvgIpc) is 2.31. The lowest BCUT2D eigenvalue weighted by Gasteiger charge is -2.32. The second-order valence-electron chi connectivity index (χ2n) is 4.47. The van der Waals surface area contributed by atoms with Crippen LogP contribution in [0.2, 0.25) is 0 Å². The first kappa shape index (κ1) is 12.2. The van der Waals surface area contributed by atoms with Crippen molar-refractivity contribution in [3.63, 3.8) is 0 Å². The van der Waals surface area contributed by atoms with Crippen LogP contribution in [0.5, 0.6) is 0 Å². The summed E-state index contributed by atoms with van der Waals surface area (Å²) in [6.45, 7) is 2.23. The number of nitrogens with zero attached hydrogens (tertiary/aromatic N) is 2. The molecule has 1 fully saturated rings. The molecule has 94 valence electrons. The topological polar surface area (TPSA) is 42.1 Å². The molecule has 0 aliphatic carbocycles. The second kappa shape index (κ2) is 5.40. The largest absolute Gasteiger partial charge is 0.354 e. The van der Waals surface area contributed by atoms with Crippen LogP contribution in [-0.4, -0.2) is 24.6 Å². The first-order valence-corrected chi connectivity index (χ1v) is 5.96. The van der Waals surface area contributed by atoms with Crippen LogP contribution >= 0.6 is 0 Å². The molecule has 0 radical (unpaired) electrons. The van der Waals surface area contributed by atoms with Crippen molar-refractivity contribution in [1.29, 1.82) is 0 Å². The van der Waals surface area contributed by atoms with Gasteiger partial charge in [0.2, 0.25) is 0 Å². The molecule has 1 aromatic rings. The minimum Gasteiger partial charge on any atom is -0.354 e. The Hall–Kier alpha value is -1.23. The van der Waals surface area contributed by atoms with Gasteiger partial charge >= 0.3 is 0 Å². The van der Waals surface area contributed by atoms with Gasteiger partial charge in [-0.2, -0.15) is 0 Å². The quantitative estimate of drug-likeness (QED) is 0.879. The van der Waals surface area contributed by atoms with Gasteiger partial charge in [0.1, 0.15) is 5.82 Å². The summed E-state index contributed by atoms with van der Waals surface area (Å²) in [5, 5.41) is 0. The van der Waals surface area contributed by atoms with Crippen molar-refractivity contribution in [2.75, 3.05) is 24.5 Å². The van der Waals surface area contributed by atoms with E-state index in [-0.39, 0.29) is 5.82 Å². The third-order valence-electron chi connectivity index (χ3n) is 3.28. The summed E-state index contributed by atoms with van der Waals surface area (Å²) in [6, 6.07) is 0.883. The van der Waals surface area contributed by atoms with E-state index in [1.807, 2.05) is 4.90 Å². The molecule has 2 rings (SSSR count). The molecule has 0 aromatic carbocycles. The van der Waals surface area contributed by atoms with Gasteiger partial charge in [0.15, 0.2) is 11.6 Å². The van der Waals surface area contributed by atoms with E-state index in [0.29, 0.717) is 12.5 Å². The van der Waals surface area contributed by atoms with Crippen molar-refractivity contribution in [1.82, 2.24) is 4.98 Å². The van der Waals surface area contributed by atoms with Crippen LogP contribution in [0.4, 0.5) is 14.6 Å². The van der Waals surface area contributed by atoms with Gasteiger partial charge in [0.05, 0.1) is 6.20 Å². The number of hydrogen-bond acceptors (Lipinski definition) is 3. The van der Waals surface area contributed by atoms with Crippen LogP contribution in [0.3, 0.4) is 0 Å². The predicted molar refractivity (Wildman–Crippen MR) is 62.8 cm³/mol. The van der Waals surface area contributed by atoms with Gasteiger partial charge in [0.25, 0.3) is 0 Å². The normalized spacial score (nSPS) is 17.5.